The van der Waals surface area contributed by atoms with E-state index in [1.54, 1.807) is 25.4 Å². The highest BCUT2D eigenvalue weighted by molar-refractivity contribution is 6.06. The molecule has 15 heavy (non-hydrogen) atoms. The summed E-state index contributed by atoms with van der Waals surface area (Å²) in [7, 11) is 0. The maximum atomic E-state index is 11.5. The van der Waals surface area contributed by atoms with Crippen molar-refractivity contribution in [3.63, 3.8) is 0 Å². The van der Waals surface area contributed by atoms with Crippen LogP contribution in [0.25, 0.3) is 0 Å². The van der Waals surface area contributed by atoms with E-state index < -0.39 is 11.6 Å². The number of pyridine rings is 1. The molecule has 1 aromatic rings. The van der Waals surface area contributed by atoms with E-state index in [9.17, 15) is 9.59 Å². The minimum atomic E-state index is -0.861. The highest BCUT2D eigenvalue weighted by Gasteiger charge is 2.41. The smallest absolute Gasteiger partial charge is 0.322 e. The molecule has 1 aromatic heterocycles. The van der Waals surface area contributed by atoms with Gasteiger partial charge in [-0.2, -0.15) is 0 Å². The van der Waals surface area contributed by atoms with Gasteiger partial charge in [-0.05, 0) is 18.6 Å². The molecule has 0 radical (unpaired) electrons. The van der Waals surface area contributed by atoms with E-state index in [0.29, 0.717) is 6.42 Å². The normalized spacial score (nSPS) is 24.9. The molecular formula is C10H11N3O2. The Balaban J connectivity index is 2.18. The number of nitrogens with zero attached hydrogens (tertiary/aromatic N) is 1. The second kappa shape index (κ2) is 3.34. The molecule has 0 saturated carbocycles. The van der Waals surface area contributed by atoms with Gasteiger partial charge in [0.1, 0.15) is 5.54 Å². The van der Waals surface area contributed by atoms with Crippen molar-refractivity contribution in [2.24, 2.45) is 0 Å². The molecular weight excluding hydrogens is 194 g/mol. The van der Waals surface area contributed by atoms with Gasteiger partial charge in [0, 0.05) is 18.8 Å². The van der Waals surface area contributed by atoms with Crippen LogP contribution in [0.1, 0.15) is 12.5 Å². The molecule has 1 aliphatic rings. The van der Waals surface area contributed by atoms with Crippen LogP contribution < -0.4 is 10.6 Å². The largest absolute Gasteiger partial charge is 0.323 e. The Morgan fingerprint density at radius 3 is 2.80 bits per heavy atom. The molecule has 2 N–H and O–H groups in total. The summed E-state index contributed by atoms with van der Waals surface area (Å²) in [6.45, 7) is 1.69. The minimum absolute atomic E-state index is 0.295. The third-order valence-electron chi connectivity index (χ3n) is 2.40. The summed E-state index contributed by atoms with van der Waals surface area (Å²) in [5.41, 5.74) is 0.0532. The van der Waals surface area contributed by atoms with Crippen molar-refractivity contribution in [2.45, 2.75) is 18.9 Å². The van der Waals surface area contributed by atoms with Gasteiger partial charge in [0.2, 0.25) is 0 Å². The first kappa shape index (κ1) is 9.64. The number of amides is 3. The summed E-state index contributed by atoms with van der Waals surface area (Å²) in [5.74, 6) is -0.295. The predicted molar refractivity (Wildman–Crippen MR) is 53.0 cm³/mol. The van der Waals surface area contributed by atoms with Crippen molar-refractivity contribution in [1.29, 1.82) is 0 Å². The number of carbonyl (C=O) groups excluding carboxylic acids is 2. The molecule has 0 aliphatic carbocycles. The van der Waals surface area contributed by atoms with E-state index in [2.05, 4.69) is 15.6 Å². The third kappa shape index (κ3) is 1.81. The lowest BCUT2D eigenvalue weighted by Crippen LogP contribution is -2.45. The summed E-state index contributed by atoms with van der Waals surface area (Å²) in [4.78, 5) is 26.5. The lowest BCUT2D eigenvalue weighted by Gasteiger charge is -2.19. The van der Waals surface area contributed by atoms with Crippen LogP contribution in [0.5, 0.6) is 0 Å². The predicted octanol–water partition coefficient (Wildman–Crippen LogP) is 0.222. The summed E-state index contributed by atoms with van der Waals surface area (Å²) < 4.78 is 0. The number of hydrogen-bond donors (Lipinski definition) is 2. The molecule has 2 rings (SSSR count). The fourth-order valence-corrected chi connectivity index (χ4v) is 1.62. The first-order valence-corrected chi connectivity index (χ1v) is 4.63. The van der Waals surface area contributed by atoms with Gasteiger partial charge in [0.05, 0.1) is 0 Å². The summed E-state index contributed by atoms with van der Waals surface area (Å²) in [6, 6.07) is 3.23. The van der Waals surface area contributed by atoms with Crippen LogP contribution >= 0.6 is 0 Å². The summed E-state index contributed by atoms with van der Waals surface area (Å²) in [5, 5.41) is 4.82. The van der Waals surface area contributed by atoms with E-state index in [1.807, 2.05) is 6.07 Å². The van der Waals surface area contributed by atoms with Gasteiger partial charge in [-0.1, -0.05) is 6.07 Å². The number of nitrogens with one attached hydrogen (secondary N) is 2. The zero-order valence-corrected chi connectivity index (χ0v) is 8.28. The highest BCUT2D eigenvalue weighted by atomic mass is 16.2. The highest BCUT2D eigenvalue weighted by Crippen LogP contribution is 2.16. The van der Waals surface area contributed by atoms with E-state index in [4.69, 9.17) is 0 Å². The van der Waals surface area contributed by atoms with Crippen LogP contribution in [0.15, 0.2) is 24.5 Å². The van der Waals surface area contributed by atoms with Crippen molar-refractivity contribution in [1.82, 2.24) is 15.6 Å². The molecule has 3 amide bonds. The van der Waals surface area contributed by atoms with Crippen LogP contribution in [-0.4, -0.2) is 22.5 Å². The fraction of sp³-hybridized carbons (Fsp3) is 0.300. The van der Waals surface area contributed by atoms with Crippen molar-refractivity contribution >= 4 is 11.9 Å². The molecule has 1 aliphatic heterocycles. The first-order chi connectivity index (χ1) is 7.10. The Morgan fingerprint density at radius 2 is 2.27 bits per heavy atom. The van der Waals surface area contributed by atoms with Crippen molar-refractivity contribution in [3.8, 4) is 0 Å². The standard InChI is InChI=1S/C10H11N3O2/c1-10(8(14)12-9(15)13-10)5-7-3-2-4-11-6-7/h2-4,6H,5H2,1H3,(H2,12,13,14,15)/t10-/m1/s1. The van der Waals surface area contributed by atoms with Crippen LogP contribution in [0.3, 0.4) is 0 Å². The molecule has 1 fully saturated rings. The average Bonchev–Trinajstić information content (AvgIpc) is 2.41. The Kier molecular flexibility index (Phi) is 2.15. The van der Waals surface area contributed by atoms with E-state index in [-0.39, 0.29) is 5.91 Å². The lowest BCUT2D eigenvalue weighted by atomic mass is 9.94. The van der Waals surface area contributed by atoms with E-state index >= 15 is 0 Å². The number of imide groups is 1. The maximum absolute atomic E-state index is 11.5. The van der Waals surface area contributed by atoms with Gasteiger partial charge < -0.3 is 5.32 Å². The Labute approximate surface area is 86.9 Å². The van der Waals surface area contributed by atoms with Gasteiger partial charge in [-0.25, -0.2) is 4.79 Å². The molecule has 5 heteroatoms. The molecule has 1 saturated heterocycles. The fourth-order valence-electron chi connectivity index (χ4n) is 1.62. The van der Waals surface area contributed by atoms with Crippen LogP contribution in [0.2, 0.25) is 0 Å². The molecule has 0 aromatic carbocycles. The number of aromatic nitrogens is 1. The third-order valence-corrected chi connectivity index (χ3v) is 2.40. The number of rotatable bonds is 2. The lowest BCUT2D eigenvalue weighted by molar-refractivity contribution is -0.123. The summed E-state index contributed by atoms with van der Waals surface area (Å²) >= 11 is 0. The van der Waals surface area contributed by atoms with Gasteiger partial charge >= 0.3 is 6.03 Å². The maximum Gasteiger partial charge on any atom is 0.322 e. The Morgan fingerprint density at radius 1 is 1.47 bits per heavy atom. The topological polar surface area (TPSA) is 71.1 Å². The molecule has 0 bridgehead atoms. The number of urea groups is 1. The quantitative estimate of drug-likeness (QED) is 0.678. The monoisotopic (exact) mass is 205 g/mol. The average molecular weight is 205 g/mol. The SMILES string of the molecule is C[C@]1(Cc2cccnc2)NC(=O)NC1=O. The van der Waals surface area contributed by atoms with E-state index in [1.165, 1.54) is 0 Å². The zero-order valence-electron chi connectivity index (χ0n) is 8.28. The number of hydrogen-bond acceptors (Lipinski definition) is 3. The Bertz CT molecular complexity index is 404. The molecule has 0 unspecified atom stereocenters. The molecule has 78 valence electrons. The molecule has 1 atom stereocenters. The van der Waals surface area contributed by atoms with Crippen LogP contribution in [-0.2, 0) is 11.2 Å². The van der Waals surface area contributed by atoms with Crippen LogP contribution in [0.4, 0.5) is 4.79 Å². The zero-order chi connectivity index (χ0) is 10.9. The molecule has 5 nitrogen and oxygen atoms in total. The number of carbonyl (C=O) groups is 2. The minimum Gasteiger partial charge on any atom is -0.323 e. The first-order valence-electron chi connectivity index (χ1n) is 4.63. The summed E-state index contributed by atoms with van der Waals surface area (Å²) in [6.07, 6.45) is 3.79. The second-order valence-electron chi connectivity index (χ2n) is 3.78. The van der Waals surface area contributed by atoms with Gasteiger partial charge in [-0.15, -0.1) is 0 Å². The van der Waals surface area contributed by atoms with Crippen LogP contribution in [0, 0.1) is 0 Å². The van der Waals surface area contributed by atoms with Gasteiger partial charge in [-0.3, -0.25) is 15.1 Å². The van der Waals surface area contributed by atoms with Crippen molar-refractivity contribution < 1.29 is 9.59 Å². The Hall–Kier alpha value is -1.91. The molecule has 2 heterocycles. The van der Waals surface area contributed by atoms with Gasteiger partial charge in [0.15, 0.2) is 0 Å². The van der Waals surface area contributed by atoms with E-state index in [0.717, 1.165) is 5.56 Å². The second-order valence-corrected chi connectivity index (χ2v) is 3.78. The van der Waals surface area contributed by atoms with Crippen molar-refractivity contribution in [2.75, 3.05) is 0 Å². The van der Waals surface area contributed by atoms with Crippen molar-refractivity contribution in [3.05, 3.63) is 30.1 Å². The van der Waals surface area contributed by atoms with Gasteiger partial charge in [0.25, 0.3) is 5.91 Å². The molecule has 0 spiro atoms.